The molecule has 258 valence electrons. The molecule has 4 atom stereocenters. The van der Waals surface area contributed by atoms with Gasteiger partial charge in [-0.25, -0.2) is 4.39 Å². The first-order valence-electron chi connectivity index (χ1n) is 17.0. The quantitative estimate of drug-likeness (QED) is 0.146. The van der Waals surface area contributed by atoms with Crippen molar-refractivity contribution in [3.63, 3.8) is 0 Å². The molecule has 0 amide bonds. The van der Waals surface area contributed by atoms with Gasteiger partial charge in [-0.1, -0.05) is 47.5 Å². The zero-order chi connectivity index (χ0) is 34.6. The second-order valence-corrected chi connectivity index (χ2v) is 19.9. The number of aliphatic hydroxyl groups excluding tert-OH is 1. The Morgan fingerprint density at radius 1 is 1.09 bits per heavy atom. The molecule has 1 aromatic carbocycles. The lowest BCUT2D eigenvalue weighted by Gasteiger charge is -2.55. The van der Waals surface area contributed by atoms with Crippen LogP contribution in [0.5, 0.6) is 11.6 Å². The zero-order valence-corrected chi connectivity index (χ0v) is 30.6. The van der Waals surface area contributed by atoms with Gasteiger partial charge >= 0.3 is 0 Å². The Morgan fingerprint density at radius 3 is 2.32 bits per heavy atom. The maximum absolute atomic E-state index is 15.7. The largest absolute Gasteiger partial charge is 0.507 e. The number of halogens is 1. The number of aliphatic hydroxyl groups is 1. The summed E-state index contributed by atoms with van der Waals surface area (Å²) in [5.41, 5.74) is -0.737. The number of carbonyl (C=O) groups excluding carboxylic acids is 2. The van der Waals surface area contributed by atoms with E-state index in [0.29, 0.717) is 35.9 Å². The van der Waals surface area contributed by atoms with Crippen molar-refractivity contribution in [3.8, 4) is 11.6 Å². The molecule has 0 saturated heterocycles. The standard InChI is InChI=1S/C36H51FN2O7Si/c1-11-13-15-43-30-20(3)17-24(37)22-18-21-19-23-28(39(7)8)31-27(34(38-45-31)44-16-14-12-2)33(42)36(23,46-47(9,10)35(4,5)6)32(41)25(21)29(40)26(22)30/h17,21,23,28,40H,11-16,18-19H2,1-10H3/t21-,23-,28-,36-/m0/s1. The zero-order valence-electron chi connectivity index (χ0n) is 29.6. The van der Waals surface area contributed by atoms with Crippen molar-refractivity contribution in [2.45, 2.75) is 110 Å². The number of rotatable bonds is 11. The van der Waals surface area contributed by atoms with Crippen molar-refractivity contribution in [1.82, 2.24) is 10.1 Å². The summed E-state index contributed by atoms with van der Waals surface area (Å²) in [6.45, 7) is 16.7. The number of Topliss-reactive ketones (excluding diaryl/α,β-unsaturated/α-hetero) is 2. The number of ether oxygens (including phenoxy) is 2. The summed E-state index contributed by atoms with van der Waals surface area (Å²) in [5.74, 6) is -2.45. The topological polar surface area (TPSA) is 111 Å². The second-order valence-electron chi connectivity index (χ2n) is 15.2. The van der Waals surface area contributed by atoms with Gasteiger partial charge in [-0.05, 0) is 87.5 Å². The van der Waals surface area contributed by atoms with Crippen molar-refractivity contribution < 1.29 is 37.5 Å². The molecule has 9 nitrogen and oxygen atoms in total. The molecule has 0 spiro atoms. The van der Waals surface area contributed by atoms with E-state index >= 15 is 14.0 Å². The number of carbonyl (C=O) groups is 2. The summed E-state index contributed by atoms with van der Waals surface area (Å²) in [4.78, 5) is 32.4. The highest BCUT2D eigenvalue weighted by atomic mass is 28.4. The van der Waals surface area contributed by atoms with Crippen LogP contribution >= 0.6 is 0 Å². The molecule has 0 unspecified atom stereocenters. The molecular weight excluding hydrogens is 619 g/mol. The number of aryl methyl sites for hydroxylation is 1. The molecule has 2 aromatic rings. The summed E-state index contributed by atoms with van der Waals surface area (Å²) < 4.78 is 40.8. The number of hydrogen-bond donors (Lipinski definition) is 1. The van der Waals surface area contributed by atoms with Crippen LogP contribution in [-0.2, 0) is 15.6 Å². The van der Waals surface area contributed by atoms with E-state index in [1.807, 2.05) is 45.9 Å². The third-order valence-electron chi connectivity index (χ3n) is 10.7. The van der Waals surface area contributed by atoms with Crippen molar-refractivity contribution in [2.24, 2.45) is 11.8 Å². The summed E-state index contributed by atoms with van der Waals surface area (Å²) in [5, 5.41) is 15.9. The Bertz CT molecular complexity index is 1590. The van der Waals surface area contributed by atoms with E-state index in [1.165, 1.54) is 6.07 Å². The maximum Gasteiger partial charge on any atom is 0.265 e. The van der Waals surface area contributed by atoms with Gasteiger partial charge in [-0.2, -0.15) is 0 Å². The van der Waals surface area contributed by atoms with Gasteiger partial charge in [-0.3, -0.25) is 14.5 Å². The number of hydrogen-bond acceptors (Lipinski definition) is 9. The monoisotopic (exact) mass is 670 g/mol. The number of aromatic nitrogens is 1. The number of fused-ring (bicyclic) bond motifs is 4. The summed E-state index contributed by atoms with van der Waals surface area (Å²) in [7, 11) is 0.888. The predicted octanol–water partition coefficient (Wildman–Crippen LogP) is 7.77. The first-order valence-corrected chi connectivity index (χ1v) is 19.9. The van der Waals surface area contributed by atoms with E-state index in [1.54, 1.807) is 6.92 Å². The van der Waals surface area contributed by atoms with Crippen LogP contribution in [0.1, 0.15) is 106 Å². The van der Waals surface area contributed by atoms with Gasteiger partial charge in [0.25, 0.3) is 5.88 Å². The molecule has 5 rings (SSSR count). The van der Waals surface area contributed by atoms with Crippen LogP contribution in [0, 0.1) is 24.6 Å². The first-order chi connectivity index (χ1) is 22.0. The first kappa shape index (κ1) is 35.3. The molecule has 1 aromatic heterocycles. The highest BCUT2D eigenvalue weighted by Gasteiger charge is 2.69. The number of ketones is 2. The van der Waals surface area contributed by atoms with Gasteiger partial charge in [0, 0.05) is 17.1 Å². The van der Waals surface area contributed by atoms with E-state index in [4.69, 9.17) is 18.4 Å². The molecule has 0 bridgehead atoms. The van der Waals surface area contributed by atoms with Gasteiger partial charge in [-0.15, -0.1) is 0 Å². The molecule has 1 saturated carbocycles. The molecule has 1 heterocycles. The van der Waals surface area contributed by atoms with Gasteiger partial charge in [0.1, 0.15) is 22.9 Å². The van der Waals surface area contributed by atoms with Crippen LogP contribution < -0.4 is 9.47 Å². The van der Waals surface area contributed by atoms with Crippen LogP contribution in [0.15, 0.2) is 16.2 Å². The minimum Gasteiger partial charge on any atom is -0.507 e. The smallest absolute Gasteiger partial charge is 0.265 e. The summed E-state index contributed by atoms with van der Waals surface area (Å²) in [6, 6.07) is 0.856. The van der Waals surface area contributed by atoms with Crippen LogP contribution in [-0.4, -0.2) is 68.0 Å². The number of unbranched alkanes of at least 4 members (excludes halogenated alkanes) is 2. The summed E-state index contributed by atoms with van der Waals surface area (Å²) in [6.07, 6.45) is 3.76. The van der Waals surface area contributed by atoms with E-state index in [2.05, 4.69) is 25.9 Å². The molecule has 1 N–H and O–H groups in total. The van der Waals surface area contributed by atoms with Gasteiger partial charge in [0.15, 0.2) is 19.7 Å². The fourth-order valence-corrected chi connectivity index (χ4v) is 8.63. The Morgan fingerprint density at radius 2 is 1.72 bits per heavy atom. The van der Waals surface area contributed by atoms with Crippen molar-refractivity contribution in [1.29, 1.82) is 0 Å². The predicted molar refractivity (Wildman–Crippen MR) is 180 cm³/mol. The molecule has 0 radical (unpaired) electrons. The second kappa shape index (κ2) is 12.8. The van der Waals surface area contributed by atoms with Crippen molar-refractivity contribution in [3.05, 3.63) is 45.5 Å². The Kier molecular flexibility index (Phi) is 9.60. The average molecular weight is 671 g/mol. The van der Waals surface area contributed by atoms with E-state index in [-0.39, 0.29) is 46.2 Å². The molecule has 3 aliphatic rings. The van der Waals surface area contributed by atoms with E-state index in [9.17, 15) is 5.11 Å². The fraction of sp³-hybridized carbons (Fsp3) is 0.639. The molecular formula is C36H51FN2O7Si. The van der Waals surface area contributed by atoms with E-state index in [0.717, 1.165) is 25.7 Å². The third kappa shape index (κ3) is 5.65. The van der Waals surface area contributed by atoms with Crippen LogP contribution in [0.25, 0.3) is 5.76 Å². The lowest BCUT2D eigenvalue weighted by atomic mass is 9.57. The van der Waals surface area contributed by atoms with Crippen LogP contribution in [0.4, 0.5) is 4.39 Å². The molecule has 11 heteroatoms. The summed E-state index contributed by atoms with van der Waals surface area (Å²) >= 11 is 0. The van der Waals surface area contributed by atoms with Gasteiger partial charge in [0.2, 0.25) is 11.6 Å². The molecule has 1 fully saturated rings. The molecule has 47 heavy (non-hydrogen) atoms. The normalized spacial score (nSPS) is 24.2. The Hall–Kier alpha value is -3.02. The lowest BCUT2D eigenvalue weighted by Crippen LogP contribution is -2.68. The number of benzene rings is 1. The van der Waals surface area contributed by atoms with Gasteiger partial charge in [0.05, 0.1) is 24.8 Å². The molecule has 3 aliphatic carbocycles. The average Bonchev–Trinajstić information content (AvgIpc) is 3.39. The van der Waals surface area contributed by atoms with Crippen LogP contribution in [0.3, 0.4) is 0 Å². The Labute approximate surface area is 278 Å². The molecule has 0 aliphatic heterocycles. The fourth-order valence-electron chi connectivity index (χ4n) is 7.18. The van der Waals surface area contributed by atoms with Crippen LogP contribution in [0.2, 0.25) is 18.1 Å². The Balaban J connectivity index is 1.77. The highest BCUT2D eigenvalue weighted by Crippen LogP contribution is 2.59. The maximum atomic E-state index is 15.7. The van der Waals surface area contributed by atoms with Crippen molar-refractivity contribution in [2.75, 3.05) is 27.3 Å². The lowest BCUT2D eigenvalue weighted by molar-refractivity contribution is -0.140. The SMILES string of the molecule is CCCCOc1noc2c1C(=O)[C@@]1(O[Si](C)(C)C(C)(C)C)C(=O)C3=C(O)c4c(c(F)cc(C)c4OCCCC)C[C@H]3C[C@H]1[C@@H]2N(C)C. The van der Waals surface area contributed by atoms with Crippen molar-refractivity contribution >= 4 is 25.6 Å². The third-order valence-corrected chi connectivity index (χ3v) is 15.1. The minimum absolute atomic E-state index is 0.0494. The van der Waals surface area contributed by atoms with Gasteiger partial charge < -0.3 is 23.5 Å². The minimum atomic E-state index is -2.85. The number of nitrogens with zero attached hydrogens (tertiary/aromatic N) is 2. The van der Waals surface area contributed by atoms with E-state index < -0.39 is 49.2 Å². The highest BCUT2D eigenvalue weighted by molar-refractivity contribution is 6.74.